The van der Waals surface area contributed by atoms with Crippen LogP contribution in [0.5, 0.6) is 0 Å². The van der Waals surface area contributed by atoms with Gasteiger partial charge in [0, 0.05) is 19.6 Å². The molecule has 1 heterocycles. The van der Waals surface area contributed by atoms with Gasteiger partial charge in [0.05, 0.1) is 0 Å². The third-order valence-corrected chi connectivity index (χ3v) is 3.53. The van der Waals surface area contributed by atoms with Gasteiger partial charge >= 0.3 is 0 Å². The highest BCUT2D eigenvalue weighted by atomic mass is 127. The zero-order chi connectivity index (χ0) is 15.7. The van der Waals surface area contributed by atoms with Crippen LogP contribution in [0.4, 0.5) is 0 Å². The number of rotatable bonds is 8. The summed E-state index contributed by atoms with van der Waals surface area (Å²) in [6.45, 7) is 9.84. The molecule has 0 amide bonds. The van der Waals surface area contributed by atoms with Crippen LogP contribution in [-0.2, 0) is 13.6 Å². The molecule has 0 aliphatic heterocycles. The molecule has 1 aromatic rings. The number of nitrogens with one attached hydrogen (secondary N) is 2. The molecule has 1 unspecified atom stereocenters. The van der Waals surface area contributed by atoms with Crippen LogP contribution in [-0.4, -0.2) is 33.3 Å². The lowest BCUT2D eigenvalue weighted by Gasteiger charge is -2.17. The maximum atomic E-state index is 4.60. The number of nitrogens with zero attached hydrogens (tertiary/aromatic N) is 4. The molecule has 0 fully saturated rings. The molecule has 22 heavy (non-hydrogen) atoms. The highest BCUT2D eigenvalue weighted by Crippen LogP contribution is 2.03. The largest absolute Gasteiger partial charge is 0.357 e. The Labute approximate surface area is 151 Å². The Morgan fingerprint density at radius 1 is 1.27 bits per heavy atom. The van der Waals surface area contributed by atoms with Crippen LogP contribution in [0, 0.1) is 6.92 Å². The molecule has 1 aromatic heterocycles. The molecule has 0 bridgehead atoms. The molecule has 1 rings (SSSR count). The minimum absolute atomic E-state index is 0. The van der Waals surface area contributed by atoms with E-state index < -0.39 is 0 Å². The first-order valence-corrected chi connectivity index (χ1v) is 7.98. The summed E-state index contributed by atoms with van der Waals surface area (Å²) in [5.74, 6) is 2.64. The summed E-state index contributed by atoms with van der Waals surface area (Å²) in [6, 6.07) is 0.426. The highest BCUT2D eigenvalue weighted by molar-refractivity contribution is 14.0. The fourth-order valence-electron chi connectivity index (χ4n) is 2.06. The Morgan fingerprint density at radius 2 is 2.00 bits per heavy atom. The topological polar surface area (TPSA) is 67.1 Å². The van der Waals surface area contributed by atoms with Gasteiger partial charge in [0.15, 0.2) is 11.8 Å². The minimum Gasteiger partial charge on any atom is -0.357 e. The van der Waals surface area contributed by atoms with E-state index in [9.17, 15) is 0 Å². The van der Waals surface area contributed by atoms with E-state index in [1.165, 1.54) is 25.7 Å². The van der Waals surface area contributed by atoms with E-state index in [1.807, 2.05) is 18.5 Å². The van der Waals surface area contributed by atoms with Crippen LogP contribution >= 0.6 is 24.0 Å². The Balaban J connectivity index is 0.00000441. The highest BCUT2D eigenvalue weighted by Gasteiger charge is 2.07. The molecule has 0 saturated carbocycles. The van der Waals surface area contributed by atoms with Crippen LogP contribution in [0.2, 0.25) is 0 Å². The third kappa shape index (κ3) is 7.42. The van der Waals surface area contributed by atoms with Gasteiger partial charge in [-0.3, -0.25) is 0 Å². The summed E-state index contributed by atoms with van der Waals surface area (Å²) in [7, 11) is 1.97. The molecule has 0 aliphatic rings. The van der Waals surface area contributed by atoms with Crippen molar-refractivity contribution >= 4 is 29.9 Å². The van der Waals surface area contributed by atoms with Crippen molar-refractivity contribution in [2.45, 2.75) is 66.0 Å². The smallest absolute Gasteiger partial charge is 0.191 e. The van der Waals surface area contributed by atoms with Gasteiger partial charge in [0.2, 0.25) is 0 Å². The predicted molar refractivity (Wildman–Crippen MR) is 103 cm³/mol. The maximum Gasteiger partial charge on any atom is 0.191 e. The molecule has 0 saturated heterocycles. The number of hydrogen-bond acceptors (Lipinski definition) is 3. The van der Waals surface area contributed by atoms with E-state index >= 15 is 0 Å². The van der Waals surface area contributed by atoms with Crippen LogP contribution in [0.15, 0.2) is 4.99 Å². The first-order chi connectivity index (χ1) is 10.1. The fraction of sp³-hybridized carbons (Fsp3) is 0.800. The van der Waals surface area contributed by atoms with E-state index in [4.69, 9.17) is 0 Å². The van der Waals surface area contributed by atoms with Crippen LogP contribution < -0.4 is 10.6 Å². The monoisotopic (exact) mass is 422 g/mol. The Morgan fingerprint density at radius 3 is 2.55 bits per heavy atom. The standard InChI is InChI=1S/C15H30N6.HI/c1-6-8-9-10-12(3)18-15(16-7-2)17-11-14-20-19-13(4)21(14)5;/h12H,6-11H2,1-5H3,(H2,16,17,18);1H. The van der Waals surface area contributed by atoms with E-state index in [0.717, 1.165) is 24.2 Å². The summed E-state index contributed by atoms with van der Waals surface area (Å²) in [5.41, 5.74) is 0. The molecule has 0 spiro atoms. The van der Waals surface area contributed by atoms with Gasteiger partial charge in [-0.25, -0.2) is 4.99 Å². The second-order valence-corrected chi connectivity index (χ2v) is 5.46. The Kier molecular flexibility index (Phi) is 11.2. The zero-order valence-electron chi connectivity index (χ0n) is 14.5. The number of aryl methyl sites for hydroxylation is 1. The molecule has 2 N–H and O–H groups in total. The lowest BCUT2D eigenvalue weighted by molar-refractivity contribution is 0.546. The van der Waals surface area contributed by atoms with Crippen molar-refractivity contribution in [3.63, 3.8) is 0 Å². The Bertz CT molecular complexity index is 443. The number of hydrogen-bond donors (Lipinski definition) is 2. The van der Waals surface area contributed by atoms with E-state index in [-0.39, 0.29) is 24.0 Å². The Hall–Kier alpha value is -0.860. The quantitative estimate of drug-likeness (QED) is 0.293. The normalized spacial score (nSPS) is 12.7. The van der Waals surface area contributed by atoms with Crippen molar-refractivity contribution in [1.29, 1.82) is 0 Å². The first kappa shape index (κ1) is 21.1. The molecule has 0 aliphatic carbocycles. The minimum atomic E-state index is 0. The number of aromatic nitrogens is 3. The van der Waals surface area contributed by atoms with Crippen LogP contribution in [0.1, 0.15) is 58.1 Å². The maximum absolute atomic E-state index is 4.60. The summed E-state index contributed by atoms with van der Waals surface area (Å²) >= 11 is 0. The second kappa shape index (κ2) is 11.7. The van der Waals surface area contributed by atoms with Crippen LogP contribution in [0.3, 0.4) is 0 Å². The number of halogens is 1. The number of aliphatic imine (C=N–C) groups is 1. The van der Waals surface area contributed by atoms with E-state index in [0.29, 0.717) is 12.6 Å². The van der Waals surface area contributed by atoms with Crippen molar-refractivity contribution in [1.82, 2.24) is 25.4 Å². The predicted octanol–water partition coefficient (Wildman–Crippen LogP) is 2.77. The lowest BCUT2D eigenvalue weighted by atomic mass is 10.1. The van der Waals surface area contributed by atoms with Gasteiger partial charge in [-0.05, 0) is 27.2 Å². The zero-order valence-corrected chi connectivity index (χ0v) is 16.8. The second-order valence-electron chi connectivity index (χ2n) is 5.46. The number of guanidine groups is 1. The molecular weight excluding hydrogens is 391 g/mol. The van der Waals surface area contributed by atoms with Crippen molar-refractivity contribution in [3.05, 3.63) is 11.6 Å². The molecule has 7 heteroatoms. The van der Waals surface area contributed by atoms with Crippen molar-refractivity contribution in [2.24, 2.45) is 12.0 Å². The SMILES string of the molecule is CCCCCC(C)NC(=NCc1nnc(C)n1C)NCC.I. The van der Waals surface area contributed by atoms with Gasteiger partial charge in [0.1, 0.15) is 12.4 Å². The van der Waals surface area contributed by atoms with Gasteiger partial charge < -0.3 is 15.2 Å². The summed E-state index contributed by atoms with van der Waals surface area (Å²) in [5, 5.41) is 14.9. The van der Waals surface area contributed by atoms with Gasteiger partial charge in [-0.15, -0.1) is 34.2 Å². The lowest BCUT2D eigenvalue weighted by Crippen LogP contribution is -2.42. The first-order valence-electron chi connectivity index (χ1n) is 7.98. The van der Waals surface area contributed by atoms with E-state index in [2.05, 4.69) is 46.6 Å². The summed E-state index contributed by atoms with van der Waals surface area (Å²) < 4.78 is 1.97. The molecule has 0 aromatic carbocycles. The van der Waals surface area contributed by atoms with Gasteiger partial charge in [0.25, 0.3) is 0 Å². The number of unbranched alkanes of at least 4 members (excludes halogenated alkanes) is 2. The van der Waals surface area contributed by atoms with Gasteiger partial charge in [-0.2, -0.15) is 0 Å². The fourth-order valence-corrected chi connectivity index (χ4v) is 2.06. The average Bonchev–Trinajstić information content (AvgIpc) is 2.77. The molecular formula is C15H31IN6. The molecule has 1 atom stereocenters. The summed E-state index contributed by atoms with van der Waals surface area (Å²) in [4.78, 5) is 4.60. The van der Waals surface area contributed by atoms with Crippen molar-refractivity contribution < 1.29 is 0 Å². The third-order valence-electron chi connectivity index (χ3n) is 3.53. The van der Waals surface area contributed by atoms with Crippen LogP contribution in [0.25, 0.3) is 0 Å². The molecule has 128 valence electrons. The molecule has 0 radical (unpaired) electrons. The molecule has 6 nitrogen and oxygen atoms in total. The van der Waals surface area contributed by atoms with Crippen molar-refractivity contribution in [3.8, 4) is 0 Å². The average molecular weight is 422 g/mol. The van der Waals surface area contributed by atoms with Crippen molar-refractivity contribution in [2.75, 3.05) is 6.54 Å². The van der Waals surface area contributed by atoms with E-state index in [1.54, 1.807) is 0 Å². The van der Waals surface area contributed by atoms with Gasteiger partial charge in [-0.1, -0.05) is 26.2 Å². The summed E-state index contributed by atoms with van der Waals surface area (Å²) in [6.07, 6.45) is 4.97.